The summed E-state index contributed by atoms with van der Waals surface area (Å²) in [5.41, 5.74) is 3.95. The molecule has 0 spiro atoms. The van der Waals surface area contributed by atoms with Crippen molar-refractivity contribution in [3.63, 3.8) is 0 Å². The normalized spacial score (nSPS) is 10.4. The van der Waals surface area contributed by atoms with Crippen LogP contribution < -0.4 is 5.32 Å². The molecule has 21 heavy (non-hydrogen) atoms. The van der Waals surface area contributed by atoms with Crippen molar-refractivity contribution in [1.29, 1.82) is 0 Å². The highest BCUT2D eigenvalue weighted by atomic mass is 35.5. The molecule has 4 heteroatoms. The van der Waals surface area contributed by atoms with Gasteiger partial charge in [0.2, 0.25) is 5.95 Å². The molecule has 2 aromatic carbocycles. The number of aromatic nitrogens is 2. The maximum Gasteiger partial charge on any atom is 0.227 e. The fourth-order valence-corrected chi connectivity index (χ4v) is 2.22. The summed E-state index contributed by atoms with van der Waals surface area (Å²) in [6, 6.07) is 17.5. The SMILES string of the molecule is Cc1nc(Nc2ccccc2)ncc1-c1ccc(Cl)cc1. The topological polar surface area (TPSA) is 37.8 Å². The summed E-state index contributed by atoms with van der Waals surface area (Å²) in [5.74, 6) is 0.594. The molecule has 0 saturated heterocycles. The van der Waals surface area contributed by atoms with Crippen LogP contribution in [0.5, 0.6) is 0 Å². The number of hydrogen-bond acceptors (Lipinski definition) is 3. The summed E-state index contributed by atoms with van der Waals surface area (Å²) in [6.07, 6.45) is 1.83. The van der Waals surface area contributed by atoms with E-state index in [4.69, 9.17) is 11.6 Å². The van der Waals surface area contributed by atoms with Gasteiger partial charge in [-0.25, -0.2) is 9.97 Å². The quantitative estimate of drug-likeness (QED) is 0.750. The Hall–Kier alpha value is -2.39. The summed E-state index contributed by atoms with van der Waals surface area (Å²) in [7, 11) is 0. The van der Waals surface area contributed by atoms with E-state index in [1.807, 2.05) is 67.7 Å². The van der Waals surface area contributed by atoms with Gasteiger partial charge in [0.05, 0.1) is 5.69 Å². The zero-order valence-corrected chi connectivity index (χ0v) is 12.3. The minimum atomic E-state index is 0.594. The van der Waals surface area contributed by atoms with Crippen molar-refractivity contribution >= 4 is 23.2 Å². The molecule has 0 radical (unpaired) electrons. The Morgan fingerprint density at radius 3 is 2.33 bits per heavy atom. The third-order valence-corrected chi connectivity index (χ3v) is 3.42. The Morgan fingerprint density at radius 1 is 0.952 bits per heavy atom. The Balaban J connectivity index is 1.88. The number of hydrogen-bond donors (Lipinski definition) is 1. The lowest BCUT2D eigenvalue weighted by Crippen LogP contribution is -1.99. The summed E-state index contributed by atoms with van der Waals surface area (Å²) >= 11 is 5.91. The standard InChI is InChI=1S/C17H14ClN3/c1-12-16(13-7-9-14(18)10-8-13)11-19-17(20-12)21-15-5-3-2-4-6-15/h2-11H,1H3,(H,19,20,21). The number of rotatable bonds is 3. The lowest BCUT2D eigenvalue weighted by Gasteiger charge is -2.09. The van der Waals surface area contributed by atoms with Crippen molar-refractivity contribution in [2.24, 2.45) is 0 Å². The average Bonchev–Trinajstić information content (AvgIpc) is 2.50. The van der Waals surface area contributed by atoms with Crippen LogP contribution in [0.1, 0.15) is 5.69 Å². The van der Waals surface area contributed by atoms with Crippen molar-refractivity contribution < 1.29 is 0 Å². The Kier molecular flexibility index (Phi) is 3.84. The molecule has 1 aromatic heterocycles. The zero-order valence-electron chi connectivity index (χ0n) is 11.5. The van der Waals surface area contributed by atoms with Crippen molar-refractivity contribution in [2.75, 3.05) is 5.32 Å². The monoisotopic (exact) mass is 295 g/mol. The predicted octanol–water partition coefficient (Wildman–Crippen LogP) is 4.85. The number of benzene rings is 2. The largest absolute Gasteiger partial charge is 0.324 e. The van der Waals surface area contributed by atoms with E-state index in [0.717, 1.165) is 27.5 Å². The maximum absolute atomic E-state index is 5.91. The van der Waals surface area contributed by atoms with Crippen LogP contribution in [-0.4, -0.2) is 9.97 Å². The third-order valence-electron chi connectivity index (χ3n) is 3.16. The van der Waals surface area contributed by atoms with E-state index < -0.39 is 0 Å². The molecule has 3 rings (SSSR count). The molecular weight excluding hydrogens is 282 g/mol. The predicted molar refractivity (Wildman–Crippen MR) is 86.9 cm³/mol. The van der Waals surface area contributed by atoms with E-state index in [0.29, 0.717) is 5.95 Å². The van der Waals surface area contributed by atoms with Crippen LogP contribution in [0.15, 0.2) is 60.8 Å². The van der Waals surface area contributed by atoms with Gasteiger partial charge < -0.3 is 5.32 Å². The third kappa shape index (κ3) is 3.20. The van der Waals surface area contributed by atoms with E-state index in [1.165, 1.54) is 0 Å². The first-order chi connectivity index (χ1) is 10.2. The molecule has 3 aromatic rings. The van der Waals surface area contributed by atoms with Gasteiger partial charge in [-0.05, 0) is 36.8 Å². The molecule has 0 unspecified atom stereocenters. The lowest BCUT2D eigenvalue weighted by molar-refractivity contribution is 1.11. The number of halogens is 1. The van der Waals surface area contributed by atoms with Crippen LogP contribution in [0.2, 0.25) is 5.02 Å². The van der Waals surface area contributed by atoms with Gasteiger partial charge in [0, 0.05) is 22.5 Å². The van der Waals surface area contributed by atoms with Gasteiger partial charge >= 0.3 is 0 Å². The van der Waals surface area contributed by atoms with Crippen molar-refractivity contribution in [2.45, 2.75) is 6.92 Å². The molecule has 0 amide bonds. The van der Waals surface area contributed by atoms with Crippen LogP contribution in [0, 0.1) is 6.92 Å². The highest BCUT2D eigenvalue weighted by Gasteiger charge is 2.06. The first kappa shape index (κ1) is 13.6. The van der Waals surface area contributed by atoms with Gasteiger partial charge in [-0.1, -0.05) is 41.9 Å². The fraction of sp³-hybridized carbons (Fsp3) is 0.0588. The molecule has 104 valence electrons. The van der Waals surface area contributed by atoms with Gasteiger partial charge in [-0.3, -0.25) is 0 Å². The second kappa shape index (κ2) is 5.94. The fourth-order valence-electron chi connectivity index (χ4n) is 2.09. The molecule has 0 aliphatic carbocycles. The van der Waals surface area contributed by atoms with Gasteiger partial charge in [-0.2, -0.15) is 0 Å². The van der Waals surface area contributed by atoms with Crippen molar-refractivity contribution in [3.8, 4) is 11.1 Å². The highest BCUT2D eigenvalue weighted by molar-refractivity contribution is 6.30. The molecule has 3 nitrogen and oxygen atoms in total. The van der Waals surface area contributed by atoms with E-state index >= 15 is 0 Å². The number of anilines is 2. The van der Waals surface area contributed by atoms with E-state index in [-0.39, 0.29) is 0 Å². The highest BCUT2D eigenvalue weighted by Crippen LogP contribution is 2.24. The van der Waals surface area contributed by atoms with Gasteiger partial charge in [0.15, 0.2) is 0 Å². The summed E-state index contributed by atoms with van der Waals surface area (Å²) in [5, 5.41) is 3.91. The number of nitrogens with zero attached hydrogens (tertiary/aromatic N) is 2. The Labute approximate surface area is 128 Å². The summed E-state index contributed by atoms with van der Waals surface area (Å²) in [4.78, 5) is 8.89. The van der Waals surface area contributed by atoms with Crippen molar-refractivity contribution in [1.82, 2.24) is 9.97 Å². The van der Waals surface area contributed by atoms with Crippen LogP contribution in [0.25, 0.3) is 11.1 Å². The summed E-state index contributed by atoms with van der Waals surface area (Å²) < 4.78 is 0. The van der Waals surface area contributed by atoms with Crippen molar-refractivity contribution in [3.05, 3.63) is 71.5 Å². The Morgan fingerprint density at radius 2 is 1.67 bits per heavy atom. The van der Waals surface area contributed by atoms with E-state index in [9.17, 15) is 0 Å². The second-order valence-corrected chi connectivity index (χ2v) is 5.13. The minimum Gasteiger partial charge on any atom is -0.324 e. The van der Waals surface area contributed by atoms with E-state index in [2.05, 4.69) is 15.3 Å². The first-order valence-corrected chi connectivity index (χ1v) is 7.02. The van der Waals surface area contributed by atoms with Gasteiger partial charge in [0.1, 0.15) is 0 Å². The van der Waals surface area contributed by atoms with Crippen LogP contribution in [0.3, 0.4) is 0 Å². The molecule has 0 saturated carbocycles. The van der Waals surface area contributed by atoms with Crippen LogP contribution >= 0.6 is 11.6 Å². The molecule has 0 fully saturated rings. The minimum absolute atomic E-state index is 0.594. The van der Waals surface area contributed by atoms with E-state index in [1.54, 1.807) is 0 Å². The Bertz CT molecular complexity index is 740. The summed E-state index contributed by atoms with van der Waals surface area (Å²) in [6.45, 7) is 1.97. The second-order valence-electron chi connectivity index (χ2n) is 4.69. The van der Waals surface area contributed by atoms with Gasteiger partial charge in [0.25, 0.3) is 0 Å². The van der Waals surface area contributed by atoms with Crippen LogP contribution in [-0.2, 0) is 0 Å². The molecule has 1 N–H and O–H groups in total. The molecule has 0 aliphatic heterocycles. The smallest absolute Gasteiger partial charge is 0.227 e. The van der Waals surface area contributed by atoms with Gasteiger partial charge in [-0.15, -0.1) is 0 Å². The number of nitrogens with one attached hydrogen (secondary N) is 1. The molecule has 1 heterocycles. The zero-order chi connectivity index (χ0) is 14.7. The molecule has 0 atom stereocenters. The molecule has 0 bridgehead atoms. The molecule has 0 aliphatic rings. The number of para-hydroxylation sites is 1. The first-order valence-electron chi connectivity index (χ1n) is 6.64. The maximum atomic E-state index is 5.91. The lowest BCUT2D eigenvalue weighted by atomic mass is 10.1. The number of aryl methyl sites for hydroxylation is 1. The molecular formula is C17H14ClN3. The van der Waals surface area contributed by atoms with Crippen LogP contribution in [0.4, 0.5) is 11.6 Å². The average molecular weight is 296 g/mol.